The van der Waals surface area contributed by atoms with E-state index in [-0.39, 0.29) is 18.4 Å². The Morgan fingerprint density at radius 2 is 1.86 bits per heavy atom. The topological polar surface area (TPSA) is 134 Å². The van der Waals surface area contributed by atoms with E-state index in [1.54, 1.807) is 43.8 Å². The van der Waals surface area contributed by atoms with E-state index in [9.17, 15) is 14.4 Å². The van der Waals surface area contributed by atoms with Crippen molar-refractivity contribution in [3.8, 4) is 0 Å². The zero-order chi connectivity index (χ0) is 26.7. The summed E-state index contributed by atoms with van der Waals surface area (Å²) in [5, 5.41) is 2.92. The Bertz CT molecular complexity index is 1280. The lowest BCUT2D eigenvalue weighted by molar-refractivity contribution is -0.156. The lowest BCUT2D eigenvalue weighted by Gasteiger charge is -2.46. The van der Waals surface area contributed by atoms with Crippen LogP contribution < -0.4 is 16.0 Å². The molecule has 1 saturated heterocycles. The maximum absolute atomic E-state index is 13.7. The van der Waals surface area contributed by atoms with Crippen LogP contribution in [0.25, 0.3) is 0 Å². The Morgan fingerprint density at radius 3 is 2.49 bits per heavy atom. The number of aryl methyl sites for hydroxylation is 2. The van der Waals surface area contributed by atoms with Gasteiger partial charge in [-0.3, -0.25) is 24.5 Å². The van der Waals surface area contributed by atoms with E-state index >= 15 is 0 Å². The fraction of sp³-hybridized carbons (Fsp3) is 0.333. The molecule has 1 fully saturated rings. The summed E-state index contributed by atoms with van der Waals surface area (Å²) in [7, 11) is 1.62. The number of nitrogens with two attached hydrogens (primary N) is 1. The van der Waals surface area contributed by atoms with Crippen molar-refractivity contribution in [1.29, 1.82) is 0 Å². The van der Waals surface area contributed by atoms with Crippen LogP contribution in [0.15, 0.2) is 55.0 Å². The van der Waals surface area contributed by atoms with Gasteiger partial charge in [-0.25, -0.2) is 9.78 Å². The summed E-state index contributed by atoms with van der Waals surface area (Å²) in [4.78, 5) is 55.3. The fourth-order valence-corrected chi connectivity index (χ4v) is 4.61. The molecule has 4 heterocycles. The number of pyridine rings is 3. The Labute approximate surface area is 215 Å². The van der Waals surface area contributed by atoms with Crippen LogP contribution in [0, 0.1) is 19.8 Å². The first-order chi connectivity index (χ1) is 17.7. The van der Waals surface area contributed by atoms with E-state index in [4.69, 9.17) is 5.73 Å². The van der Waals surface area contributed by atoms with Gasteiger partial charge in [-0.05, 0) is 68.1 Å². The van der Waals surface area contributed by atoms with Crippen molar-refractivity contribution in [2.75, 3.05) is 17.7 Å². The average Bonchev–Trinajstić information content (AvgIpc) is 2.88. The minimum Gasteiger partial charge on any atom is -0.384 e. The number of likely N-dealkylation sites (tertiary alicyclic amines) is 1. The van der Waals surface area contributed by atoms with Crippen molar-refractivity contribution in [3.05, 3.63) is 77.5 Å². The smallest absolute Gasteiger partial charge is 0.325 e. The van der Waals surface area contributed by atoms with Crippen LogP contribution in [0.1, 0.15) is 41.9 Å². The molecule has 1 aliphatic rings. The molecule has 10 nitrogen and oxygen atoms in total. The highest BCUT2D eigenvalue weighted by Crippen LogP contribution is 2.33. The van der Waals surface area contributed by atoms with Crippen LogP contribution in [0.2, 0.25) is 0 Å². The number of urea groups is 1. The molecule has 0 radical (unpaired) electrons. The third kappa shape index (κ3) is 5.42. The number of carbonyl (C=O) groups is 3. The normalized spacial score (nSPS) is 17.6. The van der Waals surface area contributed by atoms with Crippen LogP contribution in [0.5, 0.6) is 0 Å². The lowest BCUT2D eigenvalue weighted by Crippen LogP contribution is -2.70. The predicted octanol–water partition coefficient (Wildman–Crippen LogP) is 2.96. The van der Waals surface area contributed by atoms with Crippen LogP contribution in [0.3, 0.4) is 0 Å². The molecule has 0 saturated carbocycles. The molecule has 37 heavy (non-hydrogen) atoms. The van der Waals surface area contributed by atoms with Crippen molar-refractivity contribution in [2.24, 2.45) is 5.92 Å². The van der Waals surface area contributed by atoms with Crippen molar-refractivity contribution in [3.63, 3.8) is 0 Å². The van der Waals surface area contributed by atoms with Crippen LogP contribution in [0.4, 0.5) is 16.3 Å². The fourth-order valence-electron chi connectivity index (χ4n) is 4.61. The molecule has 3 atom stereocenters. The number of β-lactam (4-membered cyclic amide) rings is 1. The van der Waals surface area contributed by atoms with Crippen molar-refractivity contribution >= 4 is 29.4 Å². The van der Waals surface area contributed by atoms with Gasteiger partial charge >= 0.3 is 6.03 Å². The van der Waals surface area contributed by atoms with Gasteiger partial charge in [0, 0.05) is 42.7 Å². The largest absolute Gasteiger partial charge is 0.384 e. The van der Waals surface area contributed by atoms with Gasteiger partial charge in [-0.2, -0.15) is 0 Å². The first-order valence-corrected chi connectivity index (χ1v) is 12.2. The number of aromatic nitrogens is 3. The summed E-state index contributed by atoms with van der Waals surface area (Å²) in [6, 6.07) is 8.73. The molecule has 3 aromatic heterocycles. The number of hydrogen-bond donors (Lipinski definition) is 2. The van der Waals surface area contributed by atoms with Gasteiger partial charge in [0.2, 0.25) is 5.91 Å². The molecule has 192 valence electrons. The summed E-state index contributed by atoms with van der Waals surface area (Å²) < 4.78 is 0. The van der Waals surface area contributed by atoms with Crippen LogP contribution >= 0.6 is 0 Å². The van der Waals surface area contributed by atoms with Crippen molar-refractivity contribution < 1.29 is 14.4 Å². The van der Waals surface area contributed by atoms with E-state index in [0.29, 0.717) is 23.6 Å². The van der Waals surface area contributed by atoms with Crippen molar-refractivity contribution in [1.82, 2.24) is 25.2 Å². The first-order valence-electron chi connectivity index (χ1n) is 12.2. The number of rotatable bonds is 7. The summed E-state index contributed by atoms with van der Waals surface area (Å²) in [5.41, 5.74) is 9.70. The predicted molar refractivity (Wildman–Crippen MR) is 139 cm³/mol. The highest BCUT2D eigenvalue weighted by molar-refractivity contribution is 6.12. The molecule has 1 aliphatic heterocycles. The van der Waals surface area contributed by atoms with E-state index in [1.165, 1.54) is 4.90 Å². The first kappa shape index (κ1) is 25.7. The molecule has 0 aromatic carbocycles. The summed E-state index contributed by atoms with van der Waals surface area (Å²) >= 11 is 0. The van der Waals surface area contributed by atoms with E-state index < -0.39 is 23.9 Å². The average molecular weight is 502 g/mol. The van der Waals surface area contributed by atoms with Gasteiger partial charge in [0.25, 0.3) is 5.91 Å². The number of carbonyl (C=O) groups excluding carboxylic acids is 3. The molecule has 0 aliphatic carbocycles. The summed E-state index contributed by atoms with van der Waals surface area (Å²) in [5.74, 6) is -1.16. The van der Waals surface area contributed by atoms with Gasteiger partial charge in [0.05, 0.1) is 12.0 Å². The number of nitrogen functional groups attached to an aromatic ring is 1. The number of imide groups is 1. The number of likely N-dealkylation sites (N-methyl/N-ethyl adjacent to an activating group) is 1. The van der Waals surface area contributed by atoms with E-state index in [0.717, 1.165) is 21.7 Å². The highest BCUT2D eigenvalue weighted by atomic mass is 16.2. The molecule has 3 N–H and O–H groups in total. The van der Waals surface area contributed by atoms with Crippen molar-refractivity contribution in [2.45, 2.75) is 45.7 Å². The minimum absolute atomic E-state index is 0.260. The van der Waals surface area contributed by atoms with Crippen LogP contribution in [-0.2, 0) is 16.0 Å². The lowest BCUT2D eigenvalue weighted by atomic mass is 9.81. The molecule has 0 bridgehead atoms. The summed E-state index contributed by atoms with van der Waals surface area (Å²) in [6.07, 6.45) is 5.72. The third-order valence-electron chi connectivity index (χ3n) is 6.60. The second-order valence-electron chi connectivity index (χ2n) is 9.25. The van der Waals surface area contributed by atoms with Gasteiger partial charge < -0.3 is 16.0 Å². The molecular formula is C27H31N7O3. The maximum atomic E-state index is 13.7. The highest BCUT2D eigenvalue weighted by Gasteiger charge is 2.55. The molecule has 10 heteroatoms. The maximum Gasteiger partial charge on any atom is 0.325 e. The molecule has 0 spiro atoms. The zero-order valence-corrected chi connectivity index (χ0v) is 21.4. The third-order valence-corrected chi connectivity index (χ3v) is 6.60. The van der Waals surface area contributed by atoms with Gasteiger partial charge in [0.1, 0.15) is 11.9 Å². The molecule has 4 amide bonds. The van der Waals surface area contributed by atoms with Gasteiger partial charge in [0.15, 0.2) is 0 Å². The molecular weight excluding hydrogens is 470 g/mol. The van der Waals surface area contributed by atoms with E-state index in [2.05, 4.69) is 20.3 Å². The second kappa shape index (κ2) is 10.7. The standard InChI is InChI=1S/C27H31N7O3/c1-5-22(19-7-6-16(2)30-15-19)32-27(37)34-24(26(36)33(4)20-8-10-29-11-9-20)21(25(34)35)13-18-12-17(3)31-23(28)14-18/h6-12,14-15,21-22,24H,5,13H2,1-4H3,(H2,28,31)(H,32,37)/t21-,22?,24+/m1/s1. The minimum atomic E-state index is -0.978. The van der Waals surface area contributed by atoms with Gasteiger partial charge in [-0.1, -0.05) is 13.0 Å². The second-order valence-corrected chi connectivity index (χ2v) is 9.25. The zero-order valence-electron chi connectivity index (χ0n) is 21.4. The quantitative estimate of drug-likeness (QED) is 0.475. The Balaban J connectivity index is 1.61. The molecule has 1 unspecified atom stereocenters. The van der Waals surface area contributed by atoms with Crippen LogP contribution in [-0.4, -0.2) is 50.8 Å². The number of amides is 4. The Hall–Kier alpha value is -4.34. The Morgan fingerprint density at radius 1 is 1.14 bits per heavy atom. The number of hydrogen-bond acceptors (Lipinski definition) is 7. The summed E-state index contributed by atoms with van der Waals surface area (Å²) in [6.45, 7) is 5.63. The monoisotopic (exact) mass is 501 g/mol. The Kier molecular flexibility index (Phi) is 7.47. The number of nitrogens with zero attached hydrogens (tertiary/aromatic N) is 5. The number of anilines is 2. The molecule has 4 rings (SSSR count). The number of nitrogens with one attached hydrogen (secondary N) is 1. The SMILES string of the molecule is CCC(NC(=O)N1C(=O)[C@H](Cc2cc(C)nc(N)c2)[C@H]1C(=O)N(C)c1ccncc1)c1ccc(C)nc1. The van der Waals surface area contributed by atoms with Gasteiger partial charge in [-0.15, -0.1) is 0 Å². The van der Waals surface area contributed by atoms with E-state index in [1.807, 2.05) is 39.0 Å². The molecule has 3 aromatic rings.